The van der Waals surface area contributed by atoms with E-state index in [1.54, 1.807) is 0 Å². The van der Waals surface area contributed by atoms with Crippen LogP contribution >= 0.6 is 0 Å². The lowest BCUT2D eigenvalue weighted by molar-refractivity contribution is 1.26. The van der Waals surface area contributed by atoms with Crippen LogP contribution in [-0.2, 0) is 0 Å². The molecule has 3 rings (SSSR count). The Morgan fingerprint density at radius 1 is 0.700 bits per heavy atom. The number of aryl methyl sites for hydroxylation is 2. The van der Waals surface area contributed by atoms with Crippen LogP contribution in [0.2, 0.25) is 0 Å². The van der Waals surface area contributed by atoms with Crippen LogP contribution in [-0.4, -0.2) is 4.98 Å². The lowest BCUT2D eigenvalue weighted by Crippen LogP contribution is -1.93. The molecule has 3 aromatic rings. The summed E-state index contributed by atoms with van der Waals surface area (Å²) in [6, 6.07) is 21.0. The highest BCUT2D eigenvalue weighted by atomic mass is 14.7. The van der Waals surface area contributed by atoms with Crippen LogP contribution in [0.5, 0.6) is 0 Å². The van der Waals surface area contributed by atoms with E-state index in [4.69, 9.17) is 0 Å². The Morgan fingerprint density at radius 2 is 1.45 bits per heavy atom. The maximum Gasteiger partial charge on any atom is 0.0739 e. The molecule has 0 spiro atoms. The number of hydrogen-bond donors (Lipinski definition) is 0. The fourth-order valence-electron chi connectivity index (χ4n) is 2.59. The van der Waals surface area contributed by atoms with Gasteiger partial charge >= 0.3 is 0 Å². The predicted octanol–water partition coefficient (Wildman–Crippen LogP) is 5.03. The Balaban J connectivity index is 2.29. The Bertz CT molecular complexity index is 730. The summed E-state index contributed by atoms with van der Waals surface area (Å²) in [7, 11) is 0. The standard InChI is InChI=1S/C19H17N/c1-14-8-6-12-17(16-10-4-3-5-11-16)18(14)19-15(2)9-7-13-20-19/h3-13H,1-2H3. The van der Waals surface area contributed by atoms with Crippen molar-refractivity contribution in [1.82, 2.24) is 4.98 Å². The molecule has 2 aromatic carbocycles. The fourth-order valence-corrected chi connectivity index (χ4v) is 2.59. The van der Waals surface area contributed by atoms with E-state index in [2.05, 4.69) is 67.4 Å². The van der Waals surface area contributed by atoms with E-state index < -0.39 is 0 Å². The van der Waals surface area contributed by atoms with Gasteiger partial charge in [0.2, 0.25) is 0 Å². The Kier molecular flexibility index (Phi) is 3.34. The summed E-state index contributed by atoms with van der Waals surface area (Å²) in [5.74, 6) is 0. The average molecular weight is 259 g/mol. The van der Waals surface area contributed by atoms with E-state index in [-0.39, 0.29) is 0 Å². The van der Waals surface area contributed by atoms with Crippen molar-refractivity contribution in [2.45, 2.75) is 13.8 Å². The van der Waals surface area contributed by atoms with E-state index in [1.165, 1.54) is 27.8 Å². The van der Waals surface area contributed by atoms with Gasteiger partial charge in [-0.3, -0.25) is 4.98 Å². The Morgan fingerprint density at radius 3 is 2.20 bits per heavy atom. The van der Waals surface area contributed by atoms with Gasteiger partial charge in [-0.1, -0.05) is 54.6 Å². The van der Waals surface area contributed by atoms with Crippen molar-refractivity contribution in [3.05, 3.63) is 78.0 Å². The van der Waals surface area contributed by atoms with Crippen molar-refractivity contribution in [2.75, 3.05) is 0 Å². The zero-order chi connectivity index (χ0) is 13.9. The molecular formula is C19H17N. The molecule has 0 N–H and O–H groups in total. The van der Waals surface area contributed by atoms with Gasteiger partial charge in [0.1, 0.15) is 0 Å². The summed E-state index contributed by atoms with van der Waals surface area (Å²) in [5.41, 5.74) is 7.25. The lowest BCUT2D eigenvalue weighted by atomic mass is 9.92. The quantitative estimate of drug-likeness (QED) is 0.628. The van der Waals surface area contributed by atoms with Gasteiger partial charge in [-0.05, 0) is 42.2 Å². The molecule has 0 saturated heterocycles. The fraction of sp³-hybridized carbons (Fsp3) is 0.105. The van der Waals surface area contributed by atoms with Crippen LogP contribution in [0, 0.1) is 13.8 Å². The average Bonchev–Trinajstić information content (AvgIpc) is 2.49. The van der Waals surface area contributed by atoms with Gasteiger partial charge in [0, 0.05) is 11.8 Å². The third-order valence-corrected chi connectivity index (χ3v) is 3.60. The van der Waals surface area contributed by atoms with E-state index in [1.807, 2.05) is 18.3 Å². The minimum atomic E-state index is 1.07. The van der Waals surface area contributed by atoms with E-state index in [9.17, 15) is 0 Å². The third-order valence-electron chi connectivity index (χ3n) is 3.60. The first-order valence-electron chi connectivity index (χ1n) is 6.84. The van der Waals surface area contributed by atoms with E-state index in [0.717, 1.165) is 5.69 Å². The summed E-state index contributed by atoms with van der Waals surface area (Å²) in [4.78, 5) is 4.60. The molecule has 0 unspecified atom stereocenters. The highest BCUT2D eigenvalue weighted by Gasteiger charge is 2.12. The monoisotopic (exact) mass is 259 g/mol. The molecule has 0 aliphatic carbocycles. The topological polar surface area (TPSA) is 12.9 Å². The summed E-state index contributed by atoms with van der Waals surface area (Å²) in [6.45, 7) is 4.26. The van der Waals surface area contributed by atoms with Gasteiger partial charge < -0.3 is 0 Å². The molecule has 0 amide bonds. The molecule has 1 aromatic heterocycles. The maximum absolute atomic E-state index is 4.60. The first-order valence-corrected chi connectivity index (χ1v) is 6.84. The second-order valence-electron chi connectivity index (χ2n) is 5.03. The van der Waals surface area contributed by atoms with Crippen molar-refractivity contribution in [3.63, 3.8) is 0 Å². The highest BCUT2D eigenvalue weighted by Crippen LogP contribution is 2.34. The number of pyridine rings is 1. The van der Waals surface area contributed by atoms with Crippen molar-refractivity contribution in [2.24, 2.45) is 0 Å². The van der Waals surface area contributed by atoms with Crippen molar-refractivity contribution in [1.29, 1.82) is 0 Å². The second kappa shape index (κ2) is 5.30. The van der Waals surface area contributed by atoms with Gasteiger partial charge in [-0.2, -0.15) is 0 Å². The van der Waals surface area contributed by atoms with Gasteiger partial charge in [-0.25, -0.2) is 0 Å². The minimum absolute atomic E-state index is 1.07. The zero-order valence-corrected chi connectivity index (χ0v) is 11.8. The van der Waals surface area contributed by atoms with Gasteiger partial charge in [0.15, 0.2) is 0 Å². The second-order valence-corrected chi connectivity index (χ2v) is 5.03. The molecule has 0 saturated carbocycles. The van der Waals surface area contributed by atoms with Crippen molar-refractivity contribution < 1.29 is 0 Å². The summed E-state index contributed by atoms with van der Waals surface area (Å²) < 4.78 is 0. The van der Waals surface area contributed by atoms with Crippen LogP contribution in [0.25, 0.3) is 22.4 Å². The molecule has 1 nitrogen and oxygen atoms in total. The summed E-state index contributed by atoms with van der Waals surface area (Å²) >= 11 is 0. The number of hydrogen-bond acceptors (Lipinski definition) is 1. The summed E-state index contributed by atoms with van der Waals surface area (Å²) in [6.07, 6.45) is 1.86. The molecule has 0 atom stereocenters. The molecule has 0 aliphatic rings. The lowest BCUT2D eigenvalue weighted by Gasteiger charge is -2.14. The van der Waals surface area contributed by atoms with Gasteiger partial charge in [0.25, 0.3) is 0 Å². The Labute approximate surface area is 119 Å². The van der Waals surface area contributed by atoms with Crippen LogP contribution in [0.3, 0.4) is 0 Å². The molecule has 98 valence electrons. The highest BCUT2D eigenvalue weighted by molar-refractivity contribution is 5.85. The largest absolute Gasteiger partial charge is 0.256 e. The van der Waals surface area contributed by atoms with Gasteiger partial charge in [-0.15, -0.1) is 0 Å². The van der Waals surface area contributed by atoms with Crippen LogP contribution in [0.1, 0.15) is 11.1 Å². The molecule has 0 fully saturated rings. The normalized spacial score (nSPS) is 10.5. The predicted molar refractivity (Wildman–Crippen MR) is 84.6 cm³/mol. The SMILES string of the molecule is Cc1cccnc1-c1c(C)cccc1-c1ccccc1. The molecule has 1 heteroatoms. The molecular weight excluding hydrogens is 242 g/mol. The number of nitrogens with zero attached hydrogens (tertiary/aromatic N) is 1. The first kappa shape index (κ1) is 12.6. The Hall–Kier alpha value is -2.41. The van der Waals surface area contributed by atoms with Crippen LogP contribution in [0.15, 0.2) is 66.9 Å². The first-order chi connectivity index (χ1) is 9.77. The number of benzene rings is 2. The van der Waals surface area contributed by atoms with E-state index in [0.29, 0.717) is 0 Å². The molecule has 1 heterocycles. The molecule has 20 heavy (non-hydrogen) atoms. The number of rotatable bonds is 2. The zero-order valence-electron chi connectivity index (χ0n) is 11.8. The van der Waals surface area contributed by atoms with Crippen molar-refractivity contribution in [3.8, 4) is 22.4 Å². The minimum Gasteiger partial charge on any atom is -0.256 e. The molecule has 0 aliphatic heterocycles. The molecule has 0 bridgehead atoms. The maximum atomic E-state index is 4.60. The van der Waals surface area contributed by atoms with Crippen LogP contribution < -0.4 is 0 Å². The van der Waals surface area contributed by atoms with E-state index >= 15 is 0 Å². The van der Waals surface area contributed by atoms with Crippen molar-refractivity contribution >= 4 is 0 Å². The summed E-state index contributed by atoms with van der Waals surface area (Å²) in [5, 5.41) is 0. The third kappa shape index (κ3) is 2.23. The smallest absolute Gasteiger partial charge is 0.0739 e. The molecule has 0 radical (unpaired) electrons. The number of aromatic nitrogens is 1. The van der Waals surface area contributed by atoms with Crippen LogP contribution in [0.4, 0.5) is 0 Å². The van der Waals surface area contributed by atoms with Gasteiger partial charge in [0.05, 0.1) is 5.69 Å².